The number of ether oxygens (including phenoxy) is 2. The van der Waals surface area contributed by atoms with Crippen molar-refractivity contribution in [2.24, 2.45) is 0 Å². The van der Waals surface area contributed by atoms with Gasteiger partial charge in [0.15, 0.2) is 11.5 Å². The summed E-state index contributed by atoms with van der Waals surface area (Å²) >= 11 is 0. The molecular formula is C11H9F3O4. The van der Waals surface area contributed by atoms with Crippen LogP contribution in [0.3, 0.4) is 0 Å². The van der Waals surface area contributed by atoms with Gasteiger partial charge in [-0.3, -0.25) is 4.79 Å². The quantitative estimate of drug-likeness (QED) is 0.890. The van der Waals surface area contributed by atoms with Crippen LogP contribution in [0.4, 0.5) is 13.2 Å². The van der Waals surface area contributed by atoms with Crippen molar-refractivity contribution in [2.45, 2.75) is 19.0 Å². The van der Waals surface area contributed by atoms with Gasteiger partial charge in [0.25, 0.3) is 0 Å². The first kappa shape index (κ1) is 12.5. The lowest BCUT2D eigenvalue weighted by Gasteiger charge is -2.17. The van der Waals surface area contributed by atoms with Crippen molar-refractivity contribution in [3.8, 4) is 11.5 Å². The Labute approximate surface area is 99.9 Å². The van der Waals surface area contributed by atoms with Crippen LogP contribution in [0, 0.1) is 0 Å². The molecule has 0 bridgehead atoms. The van der Waals surface area contributed by atoms with Crippen LogP contribution in [-0.4, -0.2) is 17.9 Å². The van der Waals surface area contributed by atoms with Crippen molar-refractivity contribution in [3.63, 3.8) is 0 Å². The summed E-state index contributed by atoms with van der Waals surface area (Å²) in [6.45, 7) is 0.963. The summed E-state index contributed by atoms with van der Waals surface area (Å²) in [7, 11) is 0. The van der Waals surface area contributed by atoms with Crippen molar-refractivity contribution >= 4 is 5.97 Å². The third kappa shape index (κ3) is 1.96. The minimum Gasteiger partial charge on any atom is -0.481 e. The van der Waals surface area contributed by atoms with E-state index in [1.54, 1.807) is 0 Å². The summed E-state index contributed by atoms with van der Waals surface area (Å²) in [4.78, 5) is 10.9. The first-order chi connectivity index (χ1) is 8.32. The molecule has 0 fully saturated rings. The SMILES string of the molecule is CC(C(=O)O)c1c(C(F)(F)F)ccc2c1OCO2. The number of carboxylic acids is 1. The van der Waals surface area contributed by atoms with Crippen LogP contribution in [0.15, 0.2) is 12.1 Å². The molecule has 1 aliphatic rings. The van der Waals surface area contributed by atoms with Gasteiger partial charge in [-0.1, -0.05) is 0 Å². The van der Waals surface area contributed by atoms with Crippen LogP contribution in [-0.2, 0) is 11.0 Å². The van der Waals surface area contributed by atoms with E-state index in [9.17, 15) is 18.0 Å². The molecule has 1 aromatic carbocycles. The van der Waals surface area contributed by atoms with Crippen molar-refractivity contribution in [1.29, 1.82) is 0 Å². The minimum absolute atomic E-state index is 0.131. The third-order valence-corrected chi connectivity index (χ3v) is 2.69. The molecule has 1 atom stereocenters. The number of fused-ring (bicyclic) bond motifs is 1. The van der Waals surface area contributed by atoms with Crippen LogP contribution in [0.5, 0.6) is 11.5 Å². The number of alkyl halides is 3. The average Bonchev–Trinajstić information content (AvgIpc) is 2.72. The zero-order valence-corrected chi connectivity index (χ0v) is 9.25. The van der Waals surface area contributed by atoms with Gasteiger partial charge < -0.3 is 14.6 Å². The van der Waals surface area contributed by atoms with Crippen LogP contribution in [0.25, 0.3) is 0 Å². The Morgan fingerprint density at radius 2 is 2.06 bits per heavy atom. The average molecular weight is 262 g/mol. The molecule has 0 spiro atoms. The number of hydrogen-bond acceptors (Lipinski definition) is 3. The highest BCUT2D eigenvalue weighted by Gasteiger charge is 2.39. The van der Waals surface area contributed by atoms with Crippen LogP contribution in [0.2, 0.25) is 0 Å². The molecule has 98 valence electrons. The molecule has 1 N–H and O–H groups in total. The fourth-order valence-electron chi connectivity index (χ4n) is 1.79. The second kappa shape index (κ2) is 4.08. The van der Waals surface area contributed by atoms with Gasteiger partial charge in [0, 0.05) is 5.56 Å². The number of halogens is 3. The Balaban J connectivity index is 2.65. The summed E-state index contributed by atoms with van der Waals surface area (Å²) in [5, 5.41) is 8.89. The summed E-state index contributed by atoms with van der Waals surface area (Å²) < 4.78 is 48.5. The first-order valence-corrected chi connectivity index (χ1v) is 5.05. The maximum atomic E-state index is 12.9. The van der Waals surface area contributed by atoms with E-state index in [4.69, 9.17) is 14.6 Å². The normalized spacial score (nSPS) is 15.6. The fraction of sp³-hybridized carbons (Fsp3) is 0.364. The molecule has 0 aromatic heterocycles. The number of hydrogen-bond donors (Lipinski definition) is 1. The van der Waals surface area contributed by atoms with E-state index in [0.29, 0.717) is 0 Å². The van der Waals surface area contributed by atoms with Gasteiger partial charge in [-0.2, -0.15) is 13.2 Å². The lowest BCUT2D eigenvalue weighted by Crippen LogP contribution is -2.16. The molecule has 0 aliphatic carbocycles. The van der Waals surface area contributed by atoms with Crippen molar-refractivity contribution in [1.82, 2.24) is 0 Å². The highest BCUT2D eigenvalue weighted by atomic mass is 19.4. The van der Waals surface area contributed by atoms with Gasteiger partial charge in [0.2, 0.25) is 6.79 Å². The number of aliphatic carboxylic acids is 1. The molecule has 1 heterocycles. The molecule has 4 nitrogen and oxygen atoms in total. The van der Waals surface area contributed by atoms with Gasteiger partial charge in [0.1, 0.15) is 0 Å². The van der Waals surface area contributed by atoms with E-state index in [1.807, 2.05) is 0 Å². The molecule has 1 unspecified atom stereocenters. The summed E-state index contributed by atoms with van der Waals surface area (Å²) in [5.74, 6) is -2.70. The molecule has 1 aromatic rings. The molecular weight excluding hydrogens is 253 g/mol. The number of rotatable bonds is 2. The van der Waals surface area contributed by atoms with E-state index in [1.165, 1.54) is 6.92 Å². The Morgan fingerprint density at radius 1 is 1.39 bits per heavy atom. The molecule has 0 saturated heterocycles. The van der Waals surface area contributed by atoms with Crippen molar-refractivity contribution in [2.75, 3.05) is 6.79 Å². The zero-order valence-electron chi connectivity index (χ0n) is 9.25. The standard InChI is InChI=1S/C11H9F3O4/c1-5(10(15)16)8-6(11(12,13)14)2-3-7-9(8)18-4-17-7/h2-3,5H,4H2,1H3,(H,15,16). The maximum Gasteiger partial charge on any atom is 0.416 e. The van der Waals surface area contributed by atoms with Crippen LogP contribution < -0.4 is 9.47 Å². The lowest BCUT2D eigenvalue weighted by atomic mass is 9.94. The predicted octanol–water partition coefficient (Wildman–Crippen LogP) is 2.62. The monoisotopic (exact) mass is 262 g/mol. The summed E-state index contributed by atoms with van der Waals surface area (Å²) in [6, 6.07) is 1.94. The Hall–Kier alpha value is -1.92. The number of carboxylic acid groups (broad SMARTS) is 1. The van der Waals surface area contributed by atoms with Crippen molar-refractivity contribution < 1.29 is 32.5 Å². The second-order valence-electron chi connectivity index (χ2n) is 3.82. The Kier molecular flexibility index (Phi) is 2.84. The maximum absolute atomic E-state index is 12.9. The highest BCUT2D eigenvalue weighted by molar-refractivity contribution is 5.78. The number of carbonyl (C=O) groups is 1. The Bertz CT molecular complexity index is 496. The molecule has 0 amide bonds. The van der Waals surface area contributed by atoms with E-state index >= 15 is 0 Å². The van der Waals surface area contributed by atoms with Crippen molar-refractivity contribution in [3.05, 3.63) is 23.3 Å². The van der Waals surface area contributed by atoms with Gasteiger partial charge >= 0.3 is 12.1 Å². The van der Waals surface area contributed by atoms with Crippen LogP contribution >= 0.6 is 0 Å². The zero-order chi connectivity index (χ0) is 13.5. The third-order valence-electron chi connectivity index (χ3n) is 2.69. The largest absolute Gasteiger partial charge is 0.481 e. The number of benzene rings is 1. The molecule has 0 radical (unpaired) electrons. The predicted molar refractivity (Wildman–Crippen MR) is 53.6 cm³/mol. The molecule has 2 rings (SSSR count). The second-order valence-corrected chi connectivity index (χ2v) is 3.82. The lowest BCUT2D eigenvalue weighted by molar-refractivity contribution is -0.141. The van der Waals surface area contributed by atoms with E-state index in [0.717, 1.165) is 12.1 Å². The topological polar surface area (TPSA) is 55.8 Å². The molecule has 7 heteroatoms. The molecule has 18 heavy (non-hydrogen) atoms. The van der Waals surface area contributed by atoms with E-state index < -0.39 is 29.2 Å². The summed E-state index contributed by atoms with van der Waals surface area (Å²) in [6.07, 6.45) is -4.64. The van der Waals surface area contributed by atoms with Crippen LogP contribution in [0.1, 0.15) is 24.0 Å². The van der Waals surface area contributed by atoms with Gasteiger partial charge in [-0.25, -0.2) is 0 Å². The van der Waals surface area contributed by atoms with Gasteiger partial charge in [-0.05, 0) is 19.1 Å². The Morgan fingerprint density at radius 3 is 2.61 bits per heavy atom. The fourth-order valence-corrected chi connectivity index (χ4v) is 1.79. The highest BCUT2D eigenvalue weighted by Crippen LogP contribution is 2.46. The first-order valence-electron chi connectivity index (χ1n) is 5.05. The minimum atomic E-state index is -4.64. The smallest absolute Gasteiger partial charge is 0.416 e. The van der Waals surface area contributed by atoms with E-state index in [-0.39, 0.29) is 18.3 Å². The van der Waals surface area contributed by atoms with Gasteiger partial charge in [-0.15, -0.1) is 0 Å². The van der Waals surface area contributed by atoms with Gasteiger partial charge in [0.05, 0.1) is 11.5 Å². The molecule has 1 aliphatic heterocycles. The van der Waals surface area contributed by atoms with E-state index in [2.05, 4.69) is 0 Å². The summed E-state index contributed by atoms with van der Waals surface area (Å²) in [5.41, 5.74) is -1.41. The molecule has 0 saturated carbocycles.